The Morgan fingerprint density at radius 2 is 2.16 bits per heavy atom. The van der Waals surface area contributed by atoms with Gasteiger partial charge in [-0.3, -0.25) is 4.79 Å². The van der Waals surface area contributed by atoms with E-state index in [0.29, 0.717) is 19.3 Å². The maximum Gasteiger partial charge on any atom is 0.303 e. The maximum atomic E-state index is 10.5. The Morgan fingerprint density at radius 1 is 1.36 bits per heavy atom. The number of furan rings is 1. The molecule has 1 heterocycles. The van der Waals surface area contributed by atoms with Crippen molar-refractivity contribution in [3.8, 4) is 0 Å². The number of fused-ring (bicyclic) bond motifs is 1. The van der Waals surface area contributed by atoms with E-state index in [2.05, 4.69) is 6.92 Å². The highest BCUT2D eigenvalue weighted by Gasteiger charge is 2.33. The first kappa shape index (κ1) is 19.7. The number of aliphatic hydroxyl groups is 2. The van der Waals surface area contributed by atoms with E-state index in [9.17, 15) is 15.0 Å². The van der Waals surface area contributed by atoms with Gasteiger partial charge in [-0.1, -0.05) is 38.3 Å². The summed E-state index contributed by atoms with van der Waals surface area (Å²) in [4.78, 5) is 10.5. The van der Waals surface area contributed by atoms with E-state index in [1.165, 1.54) is 0 Å². The lowest BCUT2D eigenvalue weighted by molar-refractivity contribution is -0.137. The predicted molar refractivity (Wildman–Crippen MR) is 95.6 cm³/mol. The molecule has 0 aliphatic heterocycles. The Labute approximate surface area is 149 Å². The van der Waals surface area contributed by atoms with Gasteiger partial charge in [0.05, 0.1) is 12.2 Å². The summed E-state index contributed by atoms with van der Waals surface area (Å²) < 4.78 is 5.82. The Kier molecular flexibility index (Phi) is 7.72. The van der Waals surface area contributed by atoms with Gasteiger partial charge < -0.3 is 19.7 Å². The molecule has 1 aromatic heterocycles. The molecule has 2 rings (SSSR count). The van der Waals surface area contributed by atoms with Crippen LogP contribution in [-0.4, -0.2) is 33.5 Å². The highest BCUT2D eigenvalue weighted by atomic mass is 16.4. The lowest BCUT2D eigenvalue weighted by Crippen LogP contribution is -2.12. The number of hydrogen-bond donors (Lipinski definition) is 3. The molecule has 0 radical (unpaired) electrons. The van der Waals surface area contributed by atoms with Crippen molar-refractivity contribution in [1.29, 1.82) is 0 Å². The lowest BCUT2D eigenvalue weighted by Gasteiger charge is -2.11. The van der Waals surface area contributed by atoms with Gasteiger partial charge in [-0.2, -0.15) is 0 Å². The second kappa shape index (κ2) is 9.78. The number of rotatable bonds is 11. The summed E-state index contributed by atoms with van der Waals surface area (Å²) in [5.41, 5.74) is 0.998. The monoisotopic (exact) mass is 350 g/mol. The lowest BCUT2D eigenvalue weighted by atomic mass is 9.98. The molecule has 0 bridgehead atoms. The first-order chi connectivity index (χ1) is 12.0. The van der Waals surface area contributed by atoms with Gasteiger partial charge in [-0.25, -0.2) is 0 Å². The number of unbranched alkanes of at least 4 members (excludes halogenated alkanes) is 3. The zero-order valence-electron chi connectivity index (χ0n) is 15.0. The van der Waals surface area contributed by atoms with Crippen molar-refractivity contribution >= 4 is 5.97 Å². The Bertz CT molecular complexity index is 575. The molecule has 0 amide bonds. The number of carboxylic acids is 1. The summed E-state index contributed by atoms with van der Waals surface area (Å²) in [5.74, 6) is 0.764. The average molecular weight is 350 g/mol. The molecule has 5 heteroatoms. The van der Waals surface area contributed by atoms with Crippen molar-refractivity contribution in [2.75, 3.05) is 0 Å². The van der Waals surface area contributed by atoms with Crippen molar-refractivity contribution in [2.45, 2.75) is 82.8 Å². The first-order valence-corrected chi connectivity index (χ1v) is 9.39. The van der Waals surface area contributed by atoms with E-state index < -0.39 is 18.2 Å². The summed E-state index contributed by atoms with van der Waals surface area (Å²) in [7, 11) is 0. The summed E-state index contributed by atoms with van der Waals surface area (Å²) in [6.45, 7) is 2.14. The van der Waals surface area contributed by atoms with Crippen molar-refractivity contribution in [2.24, 2.45) is 0 Å². The Hall–Kier alpha value is -1.59. The van der Waals surface area contributed by atoms with Crippen LogP contribution in [-0.2, 0) is 17.6 Å². The van der Waals surface area contributed by atoms with E-state index >= 15 is 0 Å². The highest BCUT2D eigenvalue weighted by Crippen LogP contribution is 2.37. The fourth-order valence-electron chi connectivity index (χ4n) is 3.34. The van der Waals surface area contributed by atoms with Crippen molar-refractivity contribution in [1.82, 2.24) is 0 Å². The molecule has 140 valence electrons. The molecule has 3 atom stereocenters. The summed E-state index contributed by atoms with van der Waals surface area (Å²) in [6.07, 6.45) is 9.52. The van der Waals surface area contributed by atoms with Crippen LogP contribution in [0.5, 0.6) is 0 Å². The van der Waals surface area contributed by atoms with Crippen LogP contribution in [0.25, 0.3) is 0 Å². The molecule has 0 saturated heterocycles. The zero-order chi connectivity index (χ0) is 18.2. The maximum absolute atomic E-state index is 10.5. The quantitative estimate of drug-likeness (QED) is 0.419. The van der Waals surface area contributed by atoms with Gasteiger partial charge in [-0.15, -0.1) is 0 Å². The smallest absolute Gasteiger partial charge is 0.303 e. The fraction of sp³-hybridized carbons (Fsp3) is 0.650. The summed E-state index contributed by atoms with van der Waals surface area (Å²) in [6, 6.07) is 1.98. The predicted octanol–water partition coefficient (Wildman–Crippen LogP) is 3.58. The Morgan fingerprint density at radius 3 is 2.88 bits per heavy atom. The van der Waals surface area contributed by atoms with Crippen molar-refractivity contribution in [3.63, 3.8) is 0 Å². The molecule has 0 aromatic carbocycles. The van der Waals surface area contributed by atoms with E-state index in [-0.39, 0.29) is 12.3 Å². The van der Waals surface area contributed by atoms with Crippen LogP contribution in [0.4, 0.5) is 0 Å². The molecular weight excluding hydrogens is 320 g/mol. The molecule has 0 fully saturated rings. The van der Waals surface area contributed by atoms with Crippen LogP contribution >= 0.6 is 0 Å². The summed E-state index contributed by atoms with van der Waals surface area (Å²) in [5, 5.41) is 28.9. The van der Waals surface area contributed by atoms with Crippen molar-refractivity contribution in [3.05, 3.63) is 35.3 Å². The molecule has 5 nitrogen and oxygen atoms in total. The van der Waals surface area contributed by atoms with Crippen LogP contribution in [0.3, 0.4) is 0 Å². The van der Waals surface area contributed by atoms with E-state index in [1.807, 2.05) is 12.1 Å². The number of carbonyl (C=O) groups is 1. The van der Waals surface area contributed by atoms with Gasteiger partial charge >= 0.3 is 5.97 Å². The van der Waals surface area contributed by atoms with Crippen molar-refractivity contribution < 1.29 is 24.5 Å². The van der Waals surface area contributed by atoms with E-state index in [4.69, 9.17) is 9.52 Å². The molecule has 1 aliphatic carbocycles. The van der Waals surface area contributed by atoms with Gasteiger partial charge in [0.15, 0.2) is 0 Å². The van der Waals surface area contributed by atoms with Crippen LogP contribution in [0.15, 0.2) is 22.6 Å². The molecule has 0 spiro atoms. The molecule has 0 unspecified atom stereocenters. The number of aryl methyl sites for hydroxylation is 1. The number of hydrogen-bond acceptors (Lipinski definition) is 4. The Balaban J connectivity index is 1.89. The topological polar surface area (TPSA) is 90.9 Å². The minimum absolute atomic E-state index is 0.132. The van der Waals surface area contributed by atoms with E-state index in [0.717, 1.165) is 49.2 Å². The van der Waals surface area contributed by atoms with Crippen LogP contribution in [0.1, 0.15) is 74.9 Å². The van der Waals surface area contributed by atoms with E-state index in [1.54, 1.807) is 6.08 Å². The first-order valence-electron chi connectivity index (χ1n) is 9.39. The van der Waals surface area contributed by atoms with Crippen LogP contribution < -0.4 is 0 Å². The SMILES string of the molecule is CCCCC[C@H](O)/C=C/[C@@H]1c2cc(CCCCC(=O)O)oc2C[C@H]1O. The summed E-state index contributed by atoms with van der Waals surface area (Å²) >= 11 is 0. The molecule has 3 N–H and O–H groups in total. The van der Waals surface area contributed by atoms with Gasteiger partial charge in [-0.05, 0) is 25.3 Å². The second-order valence-electron chi connectivity index (χ2n) is 6.94. The second-order valence-corrected chi connectivity index (χ2v) is 6.94. The molecule has 25 heavy (non-hydrogen) atoms. The van der Waals surface area contributed by atoms with Gasteiger partial charge in [0.25, 0.3) is 0 Å². The van der Waals surface area contributed by atoms with Gasteiger partial charge in [0.2, 0.25) is 0 Å². The molecule has 1 aromatic rings. The molecule has 0 saturated carbocycles. The minimum atomic E-state index is -0.771. The highest BCUT2D eigenvalue weighted by molar-refractivity contribution is 5.66. The third-order valence-electron chi connectivity index (χ3n) is 4.77. The van der Waals surface area contributed by atoms with Crippen LogP contribution in [0, 0.1) is 0 Å². The van der Waals surface area contributed by atoms with Gasteiger partial charge in [0.1, 0.15) is 11.5 Å². The molecular formula is C20H30O5. The van der Waals surface area contributed by atoms with Crippen LogP contribution in [0.2, 0.25) is 0 Å². The number of aliphatic carboxylic acids is 1. The average Bonchev–Trinajstić information content (AvgIpc) is 3.06. The minimum Gasteiger partial charge on any atom is -0.481 e. The van der Waals surface area contributed by atoms with Gasteiger partial charge in [0, 0.05) is 30.7 Å². The largest absolute Gasteiger partial charge is 0.481 e. The number of carboxylic acid groups (broad SMARTS) is 1. The normalized spacial score (nSPS) is 20.9. The molecule has 1 aliphatic rings. The zero-order valence-corrected chi connectivity index (χ0v) is 15.0. The standard InChI is InChI=1S/C20H30O5/c1-2-3-4-7-14(21)10-11-16-17-12-15(8-5-6-9-20(23)24)25-19(17)13-18(16)22/h10-12,14,16,18,21-22H,2-9,13H2,1H3,(H,23,24)/b11-10+/t14-,16+,18+/m0/s1. The third kappa shape index (κ3) is 6.01. The third-order valence-corrected chi connectivity index (χ3v) is 4.77. The fourth-order valence-corrected chi connectivity index (χ4v) is 3.34. The number of aliphatic hydroxyl groups excluding tert-OH is 2.